The van der Waals surface area contributed by atoms with Crippen LogP contribution in [0.5, 0.6) is 5.75 Å². The zero-order valence-corrected chi connectivity index (χ0v) is 18.2. The van der Waals surface area contributed by atoms with Gasteiger partial charge in [0.15, 0.2) is 0 Å². The molecule has 160 valence electrons. The number of para-hydroxylation sites is 1. The molecule has 1 aliphatic heterocycles. The summed E-state index contributed by atoms with van der Waals surface area (Å²) in [4.78, 5) is 28.0. The minimum Gasteiger partial charge on any atom is -0.496 e. The Balaban J connectivity index is 1.88. The highest BCUT2D eigenvalue weighted by Crippen LogP contribution is 2.40. The van der Waals surface area contributed by atoms with E-state index in [1.54, 1.807) is 7.11 Å². The number of carbonyl (C=O) groups excluding carboxylic acids is 2. The molecule has 1 N–H and O–H groups in total. The Morgan fingerprint density at radius 3 is 2.63 bits per heavy atom. The van der Waals surface area contributed by atoms with E-state index in [1.807, 2.05) is 60.4 Å². The number of carbonyl (C=O) groups is 2. The second-order valence-corrected chi connectivity index (χ2v) is 7.92. The van der Waals surface area contributed by atoms with Crippen LogP contribution in [0.1, 0.15) is 55.3 Å². The molecule has 0 aromatic heterocycles. The quantitative estimate of drug-likeness (QED) is 0.704. The minimum absolute atomic E-state index is 0.0110. The third-order valence-electron chi connectivity index (χ3n) is 5.97. The topological polar surface area (TPSA) is 58.6 Å². The standard InChI is InChI=1S/C25H32N2O3/c1-4-5-16-27-23(28)15-14-21(24(27)20-12-8-9-13-22(20)30-3)25(29)26-17-19-11-7-6-10-18(19)2/h6-13,21,24H,4-5,14-17H2,1-3H3,(H,26,29)/t21-,24-/m1/s1. The molecule has 30 heavy (non-hydrogen) atoms. The number of likely N-dealkylation sites (tertiary alicyclic amines) is 1. The van der Waals surface area contributed by atoms with Crippen LogP contribution in [0.3, 0.4) is 0 Å². The van der Waals surface area contributed by atoms with Crippen LogP contribution in [0.4, 0.5) is 0 Å². The van der Waals surface area contributed by atoms with Crippen molar-refractivity contribution in [2.24, 2.45) is 5.92 Å². The number of ether oxygens (including phenoxy) is 1. The lowest BCUT2D eigenvalue weighted by Crippen LogP contribution is -2.48. The number of methoxy groups -OCH3 is 1. The Bertz CT molecular complexity index is 880. The number of nitrogens with zero attached hydrogens (tertiary/aromatic N) is 1. The molecule has 2 aromatic carbocycles. The summed E-state index contributed by atoms with van der Waals surface area (Å²) in [5, 5.41) is 3.12. The predicted octanol–water partition coefficient (Wildman–Crippen LogP) is 4.40. The fourth-order valence-corrected chi connectivity index (χ4v) is 4.24. The van der Waals surface area contributed by atoms with Gasteiger partial charge in [0, 0.05) is 25.1 Å². The Morgan fingerprint density at radius 2 is 1.90 bits per heavy atom. The molecular formula is C25H32N2O3. The summed E-state index contributed by atoms with van der Waals surface area (Å²) in [7, 11) is 1.63. The zero-order valence-electron chi connectivity index (χ0n) is 18.2. The number of nitrogens with one attached hydrogen (secondary N) is 1. The summed E-state index contributed by atoms with van der Waals surface area (Å²) < 4.78 is 5.59. The number of hydrogen-bond donors (Lipinski definition) is 1. The van der Waals surface area contributed by atoms with E-state index < -0.39 is 0 Å². The van der Waals surface area contributed by atoms with E-state index in [4.69, 9.17) is 4.74 Å². The minimum atomic E-state index is -0.314. The van der Waals surface area contributed by atoms with Crippen molar-refractivity contribution in [3.63, 3.8) is 0 Å². The van der Waals surface area contributed by atoms with Crippen LogP contribution in [-0.2, 0) is 16.1 Å². The van der Waals surface area contributed by atoms with Gasteiger partial charge >= 0.3 is 0 Å². The van der Waals surface area contributed by atoms with Crippen molar-refractivity contribution in [1.82, 2.24) is 10.2 Å². The van der Waals surface area contributed by atoms with Gasteiger partial charge < -0.3 is 15.0 Å². The molecule has 2 amide bonds. The van der Waals surface area contributed by atoms with Crippen LogP contribution in [0.15, 0.2) is 48.5 Å². The molecule has 0 unspecified atom stereocenters. The van der Waals surface area contributed by atoms with E-state index in [1.165, 1.54) is 0 Å². The van der Waals surface area contributed by atoms with Crippen molar-refractivity contribution in [2.75, 3.05) is 13.7 Å². The number of benzene rings is 2. The van der Waals surface area contributed by atoms with Gasteiger partial charge in [0.1, 0.15) is 5.75 Å². The van der Waals surface area contributed by atoms with Crippen LogP contribution >= 0.6 is 0 Å². The summed E-state index contributed by atoms with van der Waals surface area (Å²) in [6, 6.07) is 15.5. The molecule has 0 radical (unpaired) electrons. The smallest absolute Gasteiger partial charge is 0.225 e. The van der Waals surface area contributed by atoms with Crippen LogP contribution in [0.25, 0.3) is 0 Å². The number of aryl methyl sites for hydroxylation is 1. The molecule has 2 aromatic rings. The number of unbranched alkanes of at least 4 members (excludes halogenated alkanes) is 1. The number of amides is 2. The third-order valence-corrected chi connectivity index (χ3v) is 5.97. The second kappa shape index (κ2) is 10.3. The maximum absolute atomic E-state index is 13.3. The van der Waals surface area contributed by atoms with E-state index >= 15 is 0 Å². The van der Waals surface area contributed by atoms with Crippen LogP contribution in [0.2, 0.25) is 0 Å². The number of piperidine rings is 1. The SMILES string of the molecule is CCCCN1C(=O)CC[C@@H](C(=O)NCc2ccccc2C)[C@H]1c1ccccc1OC. The van der Waals surface area contributed by atoms with Crippen molar-refractivity contribution >= 4 is 11.8 Å². The molecule has 1 saturated heterocycles. The Kier molecular flexibility index (Phi) is 7.50. The Morgan fingerprint density at radius 1 is 1.17 bits per heavy atom. The largest absolute Gasteiger partial charge is 0.496 e. The van der Waals surface area contributed by atoms with E-state index in [-0.39, 0.29) is 23.8 Å². The lowest BCUT2D eigenvalue weighted by molar-refractivity contribution is -0.143. The third kappa shape index (κ3) is 4.84. The summed E-state index contributed by atoms with van der Waals surface area (Å²) >= 11 is 0. The van der Waals surface area contributed by atoms with E-state index in [2.05, 4.69) is 12.2 Å². The predicted molar refractivity (Wildman–Crippen MR) is 118 cm³/mol. The second-order valence-electron chi connectivity index (χ2n) is 7.92. The molecule has 1 aliphatic rings. The van der Waals surface area contributed by atoms with Gasteiger partial charge in [-0.25, -0.2) is 0 Å². The van der Waals surface area contributed by atoms with Gasteiger partial charge in [-0.15, -0.1) is 0 Å². The first-order valence-electron chi connectivity index (χ1n) is 10.8. The van der Waals surface area contributed by atoms with Crippen LogP contribution in [0, 0.1) is 12.8 Å². The van der Waals surface area contributed by atoms with Crippen molar-refractivity contribution < 1.29 is 14.3 Å². The maximum atomic E-state index is 13.3. The fourth-order valence-electron chi connectivity index (χ4n) is 4.24. The summed E-state index contributed by atoms with van der Waals surface area (Å²) in [5.41, 5.74) is 3.16. The number of hydrogen-bond acceptors (Lipinski definition) is 3. The maximum Gasteiger partial charge on any atom is 0.225 e. The van der Waals surface area contributed by atoms with Gasteiger partial charge in [0.05, 0.1) is 19.1 Å². The normalized spacial score (nSPS) is 18.9. The van der Waals surface area contributed by atoms with E-state index in [9.17, 15) is 9.59 Å². The molecule has 0 saturated carbocycles. The van der Waals surface area contributed by atoms with Gasteiger partial charge in [-0.3, -0.25) is 9.59 Å². The monoisotopic (exact) mass is 408 g/mol. The molecule has 1 fully saturated rings. The first-order valence-corrected chi connectivity index (χ1v) is 10.8. The van der Waals surface area contributed by atoms with Gasteiger partial charge in [0.25, 0.3) is 0 Å². The summed E-state index contributed by atoms with van der Waals surface area (Å²) in [5.74, 6) is 0.515. The summed E-state index contributed by atoms with van der Waals surface area (Å²) in [6.07, 6.45) is 2.85. The van der Waals surface area contributed by atoms with Crippen molar-refractivity contribution in [1.29, 1.82) is 0 Å². The van der Waals surface area contributed by atoms with Crippen molar-refractivity contribution in [3.8, 4) is 5.75 Å². The Labute approximate surface area is 179 Å². The van der Waals surface area contributed by atoms with Gasteiger partial charge in [-0.2, -0.15) is 0 Å². The van der Waals surface area contributed by atoms with Gasteiger partial charge in [0.2, 0.25) is 11.8 Å². The lowest BCUT2D eigenvalue weighted by atomic mass is 9.83. The first-order chi connectivity index (χ1) is 14.6. The molecule has 0 aliphatic carbocycles. The van der Waals surface area contributed by atoms with Gasteiger partial charge in [-0.1, -0.05) is 55.8 Å². The lowest BCUT2D eigenvalue weighted by Gasteiger charge is -2.41. The number of rotatable bonds is 8. The molecule has 5 heteroatoms. The highest BCUT2D eigenvalue weighted by Gasteiger charge is 2.41. The molecule has 0 bridgehead atoms. The van der Waals surface area contributed by atoms with E-state index in [0.29, 0.717) is 25.9 Å². The average Bonchev–Trinajstić information content (AvgIpc) is 2.77. The summed E-state index contributed by atoms with van der Waals surface area (Å²) in [6.45, 7) is 5.30. The zero-order chi connectivity index (χ0) is 21.5. The van der Waals surface area contributed by atoms with Crippen molar-refractivity contribution in [3.05, 3.63) is 65.2 Å². The highest BCUT2D eigenvalue weighted by molar-refractivity contribution is 5.85. The molecule has 5 nitrogen and oxygen atoms in total. The Hall–Kier alpha value is -2.82. The highest BCUT2D eigenvalue weighted by atomic mass is 16.5. The fraction of sp³-hybridized carbons (Fsp3) is 0.440. The van der Waals surface area contributed by atoms with Crippen LogP contribution in [-0.4, -0.2) is 30.4 Å². The van der Waals surface area contributed by atoms with E-state index in [0.717, 1.165) is 35.3 Å². The van der Waals surface area contributed by atoms with Gasteiger partial charge in [-0.05, 0) is 37.0 Å². The first kappa shape index (κ1) is 21.9. The van der Waals surface area contributed by atoms with Crippen LogP contribution < -0.4 is 10.1 Å². The molecular weight excluding hydrogens is 376 g/mol. The van der Waals surface area contributed by atoms with Crippen molar-refractivity contribution in [2.45, 2.75) is 52.1 Å². The average molecular weight is 409 g/mol. The molecule has 3 rings (SSSR count). The molecule has 1 heterocycles. The molecule has 0 spiro atoms. The molecule has 2 atom stereocenters.